The van der Waals surface area contributed by atoms with E-state index in [4.69, 9.17) is 24.5 Å². The van der Waals surface area contributed by atoms with Gasteiger partial charge in [0.2, 0.25) is 6.79 Å². The molecule has 0 N–H and O–H groups in total. The topological polar surface area (TPSA) is 108 Å². The van der Waals surface area contributed by atoms with Gasteiger partial charge >= 0.3 is 0 Å². The van der Waals surface area contributed by atoms with Gasteiger partial charge in [-0.25, -0.2) is 0 Å². The summed E-state index contributed by atoms with van der Waals surface area (Å²) >= 11 is 0. The summed E-state index contributed by atoms with van der Waals surface area (Å²) < 4.78 is 23.6. The minimum absolute atomic E-state index is 0.144. The lowest BCUT2D eigenvalue weighted by Gasteiger charge is -2.17. The SMILES string of the molecule is COc1cc2c(=O)n(CCN=[N+]=[N-])c3c4cc5c(cc4ccc3c2cc1OC)OCO5. The van der Waals surface area contributed by atoms with Crippen LogP contribution in [0.2, 0.25) is 0 Å². The van der Waals surface area contributed by atoms with Gasteiger partial charge in [0.05, 0.1) is 25.1 Å². The zero-order valence-corrected chi connectivity index (χ0v) is 16.9. The van der Waals surface area contributed by atoms with E-state index in [0.717, 1.165) is 27.1 Å². The highest BCUT2D eigenvalue weighted by Gasteiger charge is 2.20. The van der Waals surface area contributed by atoms with E-state index in [2.05, 4.69) is 10.0 Å². The molecular weight excluding hydrogens is 400 g/mol. The zero-order valence-electron chi connectivity index (χ0n) is 16.9. The van der Waals surface area contributed by atoms with Crippen LogP contribution in [0.5, 0.6) is 23.0 Å². The van der Waals surface area contributed by atoms with E-state index in [1.165, 1.54) is 7.11 Å². The van der Waals surface area contributed by atoms with Crippen molar-refractivity contribution < 1.29 is 18.9 Å². The van der Waals surface area contributed by atoms with Gasteiger partial charge in [-0.3, -0.25) is 4.79 Å². The number of aromatic nitrogens is 1. The van der Waals surface area contributed by atoms with E-state index in [9.17, 15) is 4.79 Å². The lowest BCUT2D eigenvalue weighted by atomic mass is 10.00. The predicted octanol–water partition coefficient (Wildman–Crippen LogP) is 4.36. The maximum atomic E-state index is 13.6. The molecule has 1 aromatic heterocycles. The smallest absolute Gasteiger partial charge is 0.259 e. The number of rotatable bonds is 5. The first-order valence-corrected chi connectivity index (χ1v) is 9.61. The van der Waals surface area contributed by atoms with Crippen molar-refractivity contribution >= 4 is 32.4 Å². The standard InChI is InChI=1S/C22H18N4O5/c1-28-17-9-15-13-4-3-12-7-19-20(31-11-30-19)8-14(12)21(13)26(6-5-24-25-23)22(27)16(15)10-18(17)29-2/h3-4,7-10H,5-6,11H2,1-2H3. The largest absolute Gasteiger partial charge is 0.493 e. The van der Waals surface area contributed by atoms with Crippen molar-refractivity contribution in [2.45, 2.75) is 6.54 Å². The first-order chi connectivity index (χ1) is 15.2. The van der Waals surface area contributed by atoms with Gasteiger partial charge in [0.1, 0.15) is 0 Å². The van der Waals surface area contributed by atoms with E-state index >= 15 is 0 Å². The quantitative estimate of drug-likeness (QED) is 0.207. The first-order valence-electron chi connectivity index (χ1n) is 9.61. The second kappa shape index (κ2) is 7.30. The lowest BCUT2D eigenvalue weighted by molar-refractivity contribution is 0.174. The Morgan fingerprint density at radius 1 is 1.00 bits per heavy atom. The van der Waals surface area contributed by atoms with Crippen LogP contribution in [-0.4, -0.2) is 32.1 Å². The van der Waals surface area contributed by atoms with Gasteiger partial charge in [0.25, 0.3) is 5.56 Å². The van der Waals surface area contributed by atoms with Crippen LogP contribution in [0.1, 0.15) is 0 Å². The van der Waals surface area contributed by atoms with Gasteiger partial charge in [-0.2, -0.15) is 0 Å². The molecule has 0 saturated heterocycles. The molecule has 5 rings (SSSR count). The van der Waals surface area contributed by atoms with E-state index in [0.29, 0.717) is 28.4 Å². The third-order valence-electron chi connectivity index (χ3n) is 5.53. The normalized spacial score (nSPS) is 12.3. The number of hydrogen-bond acceptors (Lipinski definition) is 6. The van der Waals surface area contributed by atoms with Crippen LogP contribution in [0, 0.1) is 0 Å². The van der Waals surface area contributed by atoms with Gasteiger partial charge in [-0.1, -0.05) is 17.2 Å². The fourth-order valence-corrected chi connectivity index (χ4v) is 4.13. The summed E-state index contributed by atoms with van der Waals surface area (Å²) in [6.07, 6.45) is 0. The van der Waals surface area contributed by atoms with Crippen molar-refractivity contribution in [2.24, 2.45) is 5.11 Å². The van der Waals surface area contributed by atoms with E-state index in [1.807, 2.05) is 30.3 Å². The molecule has 1 aliphatic rings. The van der Waals surface area contributed by atoms with Crippen molar-refractivity contribution in [3.8, 4) is 23.0 Å². The highest BCUT2D eigenvalue weighted by molar-refractivity contribution is 6.16. The molecule has 0 saturated carbocycles. The molecule has 156 valence electrons. The summed E-state index contributed by atoms with van der Waals surface area (Å²) in [5.41, 5.74) is 9.24. The summed E-state index contributed by atoms with van der Waals surface area (Å²) in [4.78, 5) is 16.4. The van der Waals surface area contributed by atoms with Crippen LogP contribution in [0.3, 0.4) is 0 Å². The van der Waals surface area contributed by atoms with E-state index in [1.54, 1.807) is 17.7 Å². The average molecular weight is 418 g/mol. The summed E-state index contributed by atoms with van der Waals surface area (Å²) in [7, 11) is 3.09. The van der Waals surface area contributed by atoms with E-state index in [-0.39, 0.29) is 25.4 Å². The maximum Gasteiger partial charge on any atom is 0.259 e. The van der Waals surface area contributed by atoms with Gasteiger partial charge in [-0.15, -0.1) is 0 Å². The van der Waals surface area contributed by atoms with Crippen molar-refractivity contribution in [3.63, 3.8) is 0 Å². The maximum absolute atomic E-state index is 13.6. The van der Waals surface area contributed by atoms with Gasteiger partial charge in [-0.05, 0) is 35.2 Å². The molecule has 2 heterocycles. The molecule has 0 radical (unpaired) electrons. The van der Waals surface area contributed by atoms with E-state index < -0.39 is 0 Å². The molecule has 0 aliphatic carbocycles. The molecule has 0 unspecified atom stereocenters. The van der Waals surface area contributed by atoms with Crippen molar-refractivity contribution in [2.75, 3.05) is 27.6 Å². The van der Waals surface area contributed by atoms with Crippen molar-refractivity contribution in [1.82, 2.24) is 4.57 Å². The number of azide groups is 1. The monoisotopic (exact) mass is 418 g/mol. The molecule has 31 heavy (non-hydrogen) atoms. The molecule has 4 aromatic rings. The Morgan fingerprint density at radius 3 is 2.42 bits per heavy atom. The molecule has 0 fully saturated rings. The Morgan fingerprint density at radius 2 is 1.71 bits per heavy atom. The van der Waals surface area contributed by atoms with Crippen LogP contribution < -0.4 is 24.5 Å². The lowest BCUT2D eigenvalue weighted by Crippen LogP contribution is -2.22. The Bertz CT molecular complexity index is 1470. The minimum Gasteiger partial charge on any atom is -0.493 e. The predicted molar refractivity (Wildman–Crippen MR) is 116 cm³/mol. The third kappa shape index (κ3) is 2.86. The first kappa shape index (κ1) is 18.9. The molecule has 9 nitrogen and oxygen atoms in total. The van der Waals surface area contributed by atoms with Crippen LogP contribution in [0.4, 0.5) is 0 Å². The number of fused-ring (bicyclic) bond motifs is 6. The second-order valence-corrected chi connectivity index (χ2v) is 7.05. The summed E-state index contributed by atoms with van der Waals surface area (Å²) in [5, 5.41) is 7.48. The summed E-state index contributed by atoms with van der Waals surface area (Å²) in [6, 6.07) is 11.2. The second-order valence-electron chi connectivity index (χ2n) is 7.05. The van der Waals surface area contributed by atoms with Crippen LogP contribution >= 0.6 is 0 Å². The number of methoxy groups -OCH3 is 2. The molecule has 9 heteroatoms. The summed E-state index contributed by atoms with van der Waals surface area (Å²) in [6.45, 7) is 0.537. The minimum atomic E-state index is -0.207. The molecule has 1 aliphatic heterocycles. The number of nitrogens with zero attached hydrogens (tertiary/aromatic N) is 4. The molecule has 0 amide bonds. The molecule has 0 atom stereocenters. The van der Waals surface area contributed by atoms with Crippen molar-refractivity contribution in [1.29, 1.82) is 0 Å². The third-order valence-corrected chi connectivity index (χ3v) is 5.53. The average Bonchev–Trinajstić information content (AvgIpc) is 3.26. The fraction of sp³-hybridized carbons (Fsp3) is 0.227. The molecule has 0 bridgehead atoms. The van der Waals surface area contributed by atoms with Crippen LogP contribution in [0.25, 0.3) is 42.9 Å². The number of ether oxygens (including phenoxy) is 4. The molecular formula is C22H18N4O5. The Balaban J connectivity index is 1.95. The molecule has 0 spiro atoms. The zero-order chi connectivity index (χ0) is 21.5. The highest BCUT2D eigenvalue weighted by Crippen LogP contribution is 2.40. The van der Waals surface area contributed by atoms with Gasteiger partial charge < -0.3 is 23.5 Å². The Labute approximate surface area is 175 Å². The van der Waals surface area contributed by atoms with Gasteiger partial charge in [0.15, 0.2) is 23.0 Å². The fourth-order valence-electron chi connectivity index (χ4n) is 4.13. The van der Waals surface area contributed by atoms with Gasteiger partial charge in [0, 0.05) is 34.2 Å². The van der Waals surface area contributed by atoms with Crippen molar-refractivity contribution in [3.05, 3.63) is 57.2 Å². The van der Waals surface area contributed by atoms with Crippen LogP contribution in [0.15, 0.2) is 46.3 Å². The Kier molecular flexibility index (Phi) is 4.45. The Hall–Kier alpha value is -4.10. The number of hydrogen-bond donors (Lipinski definition) is 0. The molecule has 3 aromatic carbocycles. The van der Waals surface area contributed by atoms with Crippen LogP contribution in [-0.2, 0) is 6.54 Å². The number of pyridine rings is 1. The number of benzene rings is 3. The highest BCUT2D eigenvalue weighted by atomic mass is 16.7. The summed E-state index contributed by atoms with van der Waals surface area (Å²) in [5.74, 6) is 2.30.